The molecule has 1 rings (SSSR count). The zero-order valence-corrected chi connectivity index (χ0v) is 10.5. The van der Waals surface area contributed by atoms with Crippen LogP contribution in [0.2, 0.25) is 0 Å². The molecule has 0 saturated heterocycles. The van der Waals surface area contributed by atoms with Gasteiger partial charge in [-0.1, -0.05) is 32.9 Å². The van der Waals surface area contributed by atoms with Crippen molar-refractivity contribution in [2.45, 2.75) is 52.7 Å². The molecule has 0 amide bonds. The summed E-state index contributed by atoms with van der Waals surface area (Å²) in [4.78, 5) is 0. The summed E-state index contributed by atoms with van der Waals surface area (Å²) in [6.45, 7) is 7.28. The topological polar surface area (TPSA) is 9.23 Å². The maximum atomic E-state index is 12.7. The average molecular weight is 232 g/mol. The highest BCUT2D eigenvalue weighted by molar-refractivity contribution is 5.02. The molecule has 0 radical (unpaired) electrons. The van der Waals surface area contributed by atoms with E-state index >= 15 is 0 Å². The Balaban J connectivity index is 2.52. The van der Waals surface area contributed by atoms with Gasteiger partial charge < -0.3 is 4.74 Å². The Bertz CT molecular complexity index is 243. The third-order valence-electron chi connectivity index (χ3n) is 3.01. The van der Waals surface area contributed by atoms with Gasteiger partial charge in [-0.2, -0.15) is 8.78 Å². The predicted octanol–water partition coefficient (Wildman–Crippen LogP) is 4.24. The van der Waals surface area contributed by atoms with Gasteiger partial charge >= 0.3 is 6.11 Å². The molecule has 1 unspecified atom stereocenters. The first-order valence-corrected chi connectivity index (χ1v) is 6.02. The Morgan fingerprint density at radius 3 is 2.44 bits per heavy atom. The van der Waals surface area contributed by atoms with Crippen LogP contribution in [-0.4, -0.2) is 12.2 Å². The van der Waals surface area contributed by atoms with E-state index in [1.807, 2.05) is 6.08 Å². The van der Waals surface area contributed by atoms with E-state index in [0.717, 1.165) is 13.3 Å². The third kappa shape index (κ3) is 4.60. The van der Waals surface area contributed by atoms with E-state index in [0.29, 0.717) is 24.2 Å². The first-order valence-electron chi connectivity index (χ1n) is 6.02. The molecule has 1 aliphatic carbocycles. The SMILES string of the molecule is CC(C)C[C@H]1C=CC(OC(C)(F)F)C[C@@H]1C. The quantitative estimate of drug-likeness (QED) is 0.659. The number of alkyl halides is 2. The minimum Gasteiger partial charge on any atom is -0.313 e. The third-order valence-corrected chi connectivity index (χ3v) is 3.01. The van der Waals surface area contributed by atoms with Crippen molar-refractivity contribution in [3.05, 3.63) is 12.2 Å². The molecule has 16 heavy (non-hydrogen) atoms. The van der Waals surface area contributed by atoms with Crippen molar-refractivity contribution < 1.29 is 13.5 Å². The lowest BCUT2D eigenvalue weighted by Crippen LogP contribution is -2.30. The molecule has 0 N–H and O–H groups in total. The summed E-state index contributed by atoms with van der Waals surface area (Å²) in [6.07, 6.45) is 2.19. The van der Waals surface area contributed by atoms with Crippen LogP contribution in [0.15, 0.2) is 12.2 Å². The van der Waals surface area contributed by atoms with Crippen molar-refractivity contribution in [2.24, 2.45) is 17.8 Å². The van der Waals surface area contributed by atoms with Gasteiger partial charge in [-0.25, -0.2) is 0 Å². The predicted molar refractivity (Wildman–Crippen MR) is 61.4 cm³/mol. The van der Waals surface area contributed by atoms with Crippen molar-refractivity contribution in [1.82, 2.24) is 0 Å². The second kappa shape index (κ2) is 5.26. The standard InChI is InChI=1S/C13H22F2O/c1-9(2)7-11-5-6-12(8-10(11)3)16-13(4,14)15/h5-6,9-12H,7-8H2,1-4H3/t10-,11+,12?/m0/s1. The molecule has 3 atom stereocenters. The molecule has 94 valence electrons. The highest BCUT2D eigenvalue weighted by atomic mass is 19.3. The molecular weight excluding hydrogens is 210 g/mol. The van der Waals surface area contributed by atoms with Crippen LogP contribution >= 0.6 is 0 Å². The summed E-state index contributed by atoms with van der Waals surface area (Å²) < 4.78 is 30.1. The van der Waals surface area contributed by atoms with Gasteiger partial charge in [0.05, 0.1) is 6.10 Å². The number of hydrogen-bond donors (Lipinski definition) is 0. The number of rotatable bonds is 4. The Kier molecular flexibility index (Phi) is 4.48. The molecule has 1 nitrogen and oxygen atoms in total. The van der Waals surface area contributed by atoms with Crippen LogP contribution in [0.1, 0.15) is 40.5 Å². The van der Waals surface area contributed by atoms with E-state index in [1.165, 1.54) is 0 Å². The molecule has 0 aliphatic heterocycles. The van der Waals surface area contributed by atoms with Gasteiger partial charge in [0.1, 0.15) is 0 Å². The molecule has 0 heterocycles. The first kappa shape index (κ1) is 13.6. The van der Waals surface area contributed by atoms with Crippen LogP contribution in [0, 0.1) is 17.8 Å². The lowest BCUT2D eigenvalue weighted by molar-refractivity contribution is -0.243. The van der Waals surface area contributed by atoms with Gasteiger partial charge in [0, 0.05) is 6.92 Å². The fourth-order valence-electron chi connectivity index (χ4n) is 2.28. The van der Waals surface area contributed by atoms with Crippen LogP contribution in [0.5, 0.6) is 0 Å². The Hall–Kier alpha value is -0.440. The molecule has 0 aromatic carbocycles. The van der Waals surface area contributed by atoms with Crippen LogP contribution in [0.3, 0.4) is 0 Å². The van der Waals surface area contributed by atoms with Crippen molar-refractivity contribution in [3.8, 4) is 0 Å². The number of allylic oxidation sites excluding steroid dienone is 1. The molecule has 0 saturated carbocycles. The molecule has 0 fully saturated rings. The second-order valence-corrected chi connectivity index (χ2v) is 5.36. The van der Waals surface area contributed by atoms with Crippen molar-refractivity contribution in [2.75, 3.05) is 0 Å². The van der Waals surface area contributed by atoms with E-state index < -0.39 is 12.2 Å². The summed E-state index contributed by atoms with van der Waals surface area (Å²) in [7, 11) is 0. The highest BCUT2D eigenvalue weighted by Crippen LogP contribution is 2.32. The maximum absolute atomic E-state index is 12.7. The van der Waals surface area contributed by atoms with Crippen LogP contribution in [0.4, 0.5) is 8.78 Å². The number of ether oxygens (including phenoxy) is 1. The van der Waals surface area contributed by atoms with Crippen LogP contribution in [0.25, 0.3) is 0 Å². The Morgan fingerprint density at radius 2 is 2.00 bits per heavy atom. The Labute approximate surface area is 96.9 Å². The van der Waals surface area contributed by atoms with E-state index in [4.69, 9.17) is 0 Å². The van der Waals surface area contributed by atoms with Crippen molar-refractivity contribution in [1.29, 1.82) is 0 Å². The summed E-state index contributed by atoms with van der Waals surface area (Å²) in [5.74, 6) is 1.56. The van der Waals surface area contributed by atoms with Gasteiger partial charge in [0.15, 0.2) is 0 Å². The zero-order chi connectivity index (χ0) is 12.3. The molecule has 3 heteroatoms. The molecule has 0 bridgehead atoms. The fraction of sp³-hybridized carbons (Fsp3) is 0.846. The normalized spacial score (nSPS) is 31.1. The lowest BCUT2D eigenvalue weighted by atomic mass is 9.79. The Morgan fingerprint density at radius 1 is 1.38 bits per heavy atom. The van der Waals surface area contributed by atoms with Gasteiger partial charge in [0.2, 0.25) is 0 Å². The smallest absolute Gasteiger partial charge is 0.313 e. The van der Waals surface area contributed by atoms with Crippen molar-refractivity contribution >= 4 is 0 Å². The van der Waals surface area contributed by atoms with Gasteiger partial charge in [-0.05, 0) is 30.6 Å². The van der Waals surface area contributed by atoms with Gasteiger partial charge in [-0.15, -0.1) is 0 Å². The summed E-state index contributed by atoms with van der Waals surface area (Å²) in [5, 5.41) is 0. The second-order valence-electron chi connectivity index (χ2n) is 5.36. The maximum Gasteiger partial charge on any atom is 0.353 e. The highest BCUT2D eigenvalue weighted by Gasteiger charge is 2.30. The average Bonchev–Trinajstić information content (AvgIpc) is 2.06. The van der Waals surface area contributed by atoms with Gasteiger partial charge in [-0.3, -0.25) is 0 Å². The first-order chi connectivity index (χ1) is 7.28. The van der Waals surface area contributed by atoms with E-state index in [-0.39, 0.29) is 0 Å². The lowest BCUT2D eigenvalue weighted by Gasteiger charge is -2.31. The molecule has 1 aliphatic rings. The van der Waals surface area contributed by atoms with E-state index in [1.54, 1.807) is 6.08 Å². The molecule has 0 aromatic rings. The molecular formula is C13H22F2O. The zero-order valence-electron chi connectivity index (χ0n) is 10.5. The molecule has 0 aromatic heterocycles. The van der Waals surface area contributed by atoms with Gasteiger partial charge in [0.25, 0.3) is 0 Å². The fourth-order valence-corrected chi connectivity index (χ4v) is 2.28. The van der Waals surface area contributed by atoms with E-state index in [2.05, 4.69) is 25.5 Å². The summed E-state index contributed by atoms with van der Waals surface area (Å²) >= 11 is 0. The monoisotopic (exact) mass is 232 g/mol. The summed E-state index contributed by atoms with van der Waals surface area (Å²) in [6, 6.07) is 0. The van der Waals surface area contributed by atoms with Crippen LogP contribution in [-0.2, 0) is 4.74 Å². The minimum atomic E-state index is -3.03. The molecule has 0 spiro atoms. The number of halogens is 2. The largest absolute Gasteiger partial charge is 0.353 e. The van der Waals surface area contributed by atoms with Crippen LogP contribution < -0.4 is 0 Å². The van der Waals surface area contributed by atoms with Crippen molar-refractivity contribution in [3.63, 3.8) is 0 Å². The van der Waals surface area contributed by atoms with E-state index in [9.17, 15) is 8.78 Å². The summed E-state index contributed by atoms with van der Waals surface area (Å²) in [5.41, 5.74) is 0. The number of hydrogen-bond acceptors (Lipinski definition) is 1. The minimum absolute atomic E-state index is 0.416.